The molecule has 2 heterocycles. The Balaban J connectivity index is 1.67. The second-order valence-corrected chi connectivity index (χ2v) is 5.61. The quantitative estimate of drug-likeness (QED) is 0.900. The fourth-order valence-corrected chi connectivity index (χ4v) is 2.71. The van der Waals surface area contributed by atoms with Crippen LogP contribution >= 0.6 is 0 Å². The van der Waals surface area contributed by atoms with Crippen molar-refractivity contribution in [1.82, 2.24) is 14.8 Å². The van der Waals surface area contributed by atoms with E-state index in [0.717, 1.165) is 17.7 Å². The number of amides is 2. The molecule has 23 heavy (non-hydrogen) atoms. The third kappa shape index (κ3) is 3.23. The highest BCUT2D eigenvalue weighted by atomic mass is 16.2. The highest BCUT2D eigenvalue weighted by Crippen LogP contribution is 2.21. The van der Waals surface area contributed by atoms with Crippen molar-refractivity contribution < 1.29 is 9.59 Å². The number of hydrogen-bond acceptors (Lipinski definition) is 4. The molecular weight excluding hydrogens is 294 g/mol. The molecule has 1 atom stereocenters. The Bertz CT molecular complexity index is 753. The molecule has 0 saturated carbocycles. The normalized spacial score (nSPS) is 16.6. The molecule has 3 rings (SSSR count). The fraction of sp³-hybridized carbons (Fsp3) is 0.375. The number of hydrogen-bond donors (Lipinski definition) is 2. The number of para-hydroxylation sites is 1. The van der Waals surface area contributed by atoms with E-state index in [1.807, 2.05) is 31.2 Å². The summed E-state index contributed by atoms with van der Waals surface area (Å²) in [6.45, 7) is 4.17. The van der Waals surface area contributed by atoms with Crippen LogP contribution in [0.1, 0.15) is 24.7 Å². The van der Waals surface area contributed by atoms with Gasteiger partial charge in [0.25, 0.3) is 0 Å². The maximum absolute atomic E-state index is 12.3. The number of nitrogens with zero attached hydrogens (tertiary/aromatic N) is 3. The first kappa shape index (κ1) is 15.2. The van der Waals surface area contributed by atoms with Gasteiger partial charge in [0.05, 0.1) is 12.5 Å². The van der Waals surface area contributed by atoms with Crippen molar-refractivity contribution in [2.45, 2.75) is 33.2 Å². The van der Waals surface area contributed by atoms with Crippen LogP contribution in [0.4, 0.5) is 11.6 Å². The summed E-state index contributed by atoms with van der Waals surface area (Å²) in [5.41, 5.74) is 1.87. The number of aryl methyl sites for hydroxylation is 2. The maximum Gasteiger partial charge on any atom is 0.232 e. The van der Waals surface area contributed by atoms with Crippen molar-refractivity contribution in [2.24, 2.45) is 5.92 Å². The monoisotopic (exact) mass is 313 g/mol. The van der Waals surface area contributed by atoms with E-state index in [4.69, 9.17) is 0 Å². The van der Waals surface area contributed by atoms with Crippen LogP contribution in [0, 0.1) is 12.8 Å². The molecule has 2 aromatic rings. The molecule has 0 radical (unpaired) electrons. The smallest absolute Gasteiger partial charge is 0.232 e. The van der Waals surface area contributed by atoms with E-state index >= 15 is 0 Å². The first-order chi connectivity index (χ1) is 11.1. The van der Waals surface area contributed by atoms with Crippen molar-refractivity contribution in [3.63, 3.8) is 0 Å². The summed E-state index contributed by atoms with van der Waals surface area (Å²) in [4.78, 5) is 28.5. The first-order valence-electron chi connectivity index (χ1n) is 7.67. The van der Waals surface area contributed by atoms with Crippen LogP contribution in [0.15, 0.2) is 24.3 Å². The van der Waals surface area contributed by atoms with E-state index in [-0.39, 0.29) is 18.2 Å². The second-order valence-electron chi connectivity index (χ2n) is 5.61. The van der Waals surface area contributed by atoms with Crippen LogP contribution in [0.5, 0.6) is 0 Å². The molecule has 7 heteroatoms. The number of carbonyl (C=O) groups excluding carboxylic acids is 2. The van der Waals surface area contributed by atoms with Gasteiger partial charge in [-0.3, -0.25) is 14.9 Å². The summed E-state index contributed by atoms with van der Waals surface area (Å²) in [7, 11) is 0. The second kappa shape index (κ2) is 6.20. The molecule has 2 amide bonds. The van der Waals surface area contributed by atoms with E-state index in [1.165, 1.54) is 0 Å². The minimum Gasteiger partial charge on any atom is -0.326 e. The van der Waals surface area contributed by atoms with Crippen molar-refractivity contribution in [1.29, 1.82) is 0 Å². The predicted octanol–water partition coefficient (Wildman–Crippen LogP) is 1.75. The molecule has 7 nitrogen and oxygen atoms in total. The van der Waals surface area contributed by atoms with Gasteiger partial charge < -0.3 is 5.32 Å². The Hall–Kier alpha value is -2.70. The Morgan fingerprint density at radius 1 is 1.43 bits per heavy atom. The minimum absolute atomic E-state index is 0.113. The van der Waals surface area contributed by atoms with Crippen LogP contribution in [-0.2, 0) is 22.6 Å². The molecule has 120 valence electrons. The van der Waals surface area contributed by atoms with E-state index < -0.39 is 5.92 Å². The molecule has 1 aromatic heterocycles. The zero-order valence-electron chi connectivity index (χ0n) is 13.2. The number of nitrogens with one attached hydrogen (secondary N) is 2. The van der Waals surface area contributed by atoms with Crippen molar-refractivity contribution in [2.75, 3.05) is 10.6 Å². The first-order valence-corrected chi connectivity index (χ1v) is 7.67. The Labute approximate surface area is 134 Å². The average Bonchev–Trinajstić information content (AvgIpc) is 2.87. The Morgan fingerprint density at radius 2 is 2.22 bits per heavy atom. The minimum atomic E-state index is -0.447. The van der Waals surface area contributed by atoms with Gasteiger partial charge in [-0.1, -0.05) is 25.1 Å². The lowest BCUT2D eigenvalue weighted by Crippen LogP contribution is -2.36. The molecule has 0 bridgehead atoms. The average molecular weight is 313 g/mol. The van der Waals surface area contributed by atoms with E-state index in [1.54, 1.807) is 11.6 Å². The lowest BCUT2D eigenvalue weighted by molar-refractivity contribution is -0.126. The summed E-state index contributed by atoms with van der Waals surface area (Å²) in [6.07, 6.45) is 0.949. The van der Waals surface area contributed by atoms with Gasteiger partial charge in [-0.15, -0.1) is 0 Å². The third-order valence-electron chi connectivity index (χ3n) is 3.88. The highest BCUT2D eigenvalue weighted by Gasteiger charge is 2.30. The molecule has 1 aliphatic heterocycles. The molecule has 1 aromatic carbocycles. The van der Waals surface area contributed by atoms with Crippen molar-refractivity contribution in [3.05, 3.63) is 35.7 Å². The highest BCUT2D eigenvalue weighted by molar-refractivity contribution is 5.98. The van der Waals surface area contributed by atoms with E-state index in [0.29, 0.717) is 18.3 Å². The molecule has 1 aliphatic rings. The molecular formula is C16H19N5O2. The summed E-state index contributed by atoms with van der Waals surface area (Å²) in [5, 5.41) is 9.80. The topological polar surface area (TPSA) is 88.9 Å². The largest absolute Gasteiger partial charge is 0.326 e. The van der Waals surface area contributed by atoms with Gasteiger partial charge >= 0.3 is 0 Å². The van der Waals surface area contributed by atoms with Crippen molar-refractivity contribution in [3.8, 4) is 0 Å². The standard InChI is InChI=1S/C16H19N5O2/c1-3-11-6-4-5-7-13(11)18-14(22)8-12-9-21-16(19-15(12)23)17-10(2)20-21/h4-7,12H,3,8-9H2,1-2H3,(H,18,22)(H,17,19,20,23)/t12-/m1/s1. The van der Waals surface area contributed by atoms with Gasteiger partial charge in [-0.05, 0) is 25.0 Å². The molecule has 0 fully saturated rings. The van der Waals surface area contributed by atoms with Crippen LogP contribution in [-0.4, -0.2) is 26.6 Å². The molecule has 0 unspecified atom stereocenters. The summed E-state index contributed by atoms with van der Waals surface area (Å²) >= 11 is 0. The van der Waals surface area contributed by atoms with Crippen LogP contribution in [0.3, 0.4) is 0 Å². The number of aromatic nitrogens is 3. The zero-order valence-corrected chi connectivity index (χ0v) is 13.2. The van der Waals surface area contributed by atoms with E-state index in [2.05, 4.69) is 20.7 Å². The van der Waals surface area contributed by atoms with Gasteiger partial charge in [0, 0.05) is 12.1 Å². The van der Waals surface area contributed by atoms with Gasteiger partial charge in [0.2, 0.25) is 17.8 Å². The zero-order chi connectivity index (χ0) is 16.4. The van der Waals surface area contributed by atoms with Crippen LogP contribution in [0.25, 0.3) is 0 Å². The third-order valence-corrected chi connectivity index (χ3v) is 3.88. The fourth-order valence-electron chi connectivity index (χ4n) is 2.71. The number of benzene rings is 1. The SMILES string of the molecule is CCc1ccccc1NC(=O)C[C@@H]1Cn2nc(C)nc2NC1=O. The lowest BCUT2D eigenvalue weighted by Gasteiger charge is -2.22. The van der Waals surface area contributed by atoms with Gasteiger partial charge in [0.1, 0.15) is 5.82 Å². The summed E-state index contributed by atoms with van der Waals surface area (Å²) in [6, 6.07) is 7.67. The number of anilines is 2. The molecule has 0 aliphatic carbocycles. The van der Waals surface area contributed by atoms with E-state index in [9.17, 15) is 9.59 Å². The summed E-state index contributed by atoms with van der Waals surface area (Å²) in [5.74, 6) is 0.232. The molecule has 0 saturated heterocycles. The van der Waals surface area contributed by atoms with Gasteiger partial charge in [-0.2, -0.15) is 10.1 Å². The molecule has 0 spiro atoms. The van der Waals surface area contributed by atoms with Gasteiger partial charge in [-0.25, -0.2) is 4.68 Å². The molecule has 2 N–H and O–H groups in total. The number of rotatable bonds is 4. The van der Waals surface area contributed by atoms with Crippen molar-refractivity contribution >= 4 is 23.5 Å². The van der Waals surface area contributed by atoms with Crippen LogP contribution in [0.2, 0.25) is 0 Å². The number of carbonyl (C=O) groups is 2. The maximum atomic E-state index is 12.3. The predicted molar refractivity (Wildman–Crippen MR) is 85.9 cm³/mol. The Kier molecular flexibility index (Phi) is 4.10. The lowest BCUT2D eigenvalue weighted by atomic mass is 10.0. The van der Waals surface area contributed by atoms with Gasteiger partial charge in [0.15, 0.2) is 0 Å². The Morgan fingerprint density at radius 3 is 3.00 bits per heavy atom. The number of fused-ring (bicyclic) bond motifs is 1. The summed E-state index contributed by atoms with van der Waals surface area (Å²) < 4.78 is 1.63. The van der Waals surface area contributed by atoms with Crippen LogP contribution < -0.4 is 10.6 Å².